The molecule has 1 aromatic carbocycles. The quantitative estimate of drug-likeness (QED) is 0.687. The summed E-state index contributed by atoms with van der Waals surface area (Å²) in [5, 5.41) is 0.663. The molecule has 0 fully saturated rings. The summed E-state index contributed by atoms with van der Waals surface area (Å²) in [5.74, 6) is 0.768. The molecule has 1 aliphatic rings. The van der Waals surface area contributed by atoms with Gasteiger partial charge in [0.15, 0.2) is 0 Å². The van der Waals surface area contributed by atoms with Crippen LogP contribution in [0.2, 0.25) is 5.02 Å². The maximum Gasteiger partial charge on any atom is 0.268 e. The van der Waals surface area contributed by atoms with Gasteiger partial charge in [-0.2, -0.15) is 0 Å². The monoisotopic (exact) mass is 196 g/mol. The molecular weight excluding hydrogens is 188 g/mol. The SMILES string of the molecule is CC1=COC(c2ccccc2Cl)O1. The van der Waals surface area contributed by atoms with Crippen molar-refractivity contribution in [3.8, 4) is 0 Å². The fourth-order valence-electron chi connectivity index (χ4n) is 1.19. The van der Waals surface area contributed by atoms with E-state index in [0.29, 0.717) is 5.02 Å². The lowest BCUT2D eigenvalue weighted by molar-refractivity contribution is -0.0330. The minimum Gasteiger partial charge on any atom is -0.455 e. The van der Waals surface area contributed by atoms with Crippen LogP contribution < -0.4 is 0 Å². The van der Waals surface area contributed by atoms with Gasteiger partial charge in [0.25, 0.3) is 6.29 Å². The van der Waals surface area contributed by atoms with Crippen molar-refractivity contribution >= 4 is 11.6 Å². The summed E-state index contributed by atoms with van der Waals surface area (Å²) in [5.41, 5.74) is 0.859. The molecule has 1 unspecified atom stereocenters. The highest BCUT2D eigenvalue weighted by Crippen LogP contribution is 2.32. The number of allylic oxidation sites excluding steroid dienone is 1. The van der Waals surface area contributed by atoms with Gasteiger partial charge in [0.2, 0.25) is 0 Å². The van der Waals surface area contributed by atoms with E-state index in [0.717, 1.165) is 11.3 Å². The fourth-order valence-corrected chi connectivity index (χ4v) is 1.41. The molecule has 1 atom stereocenters. The van der Waals surface area contributed by atoms with Gasteiger partial charge in [0, 0.05) is 0 Å². The molecule has 0 spiro atoms. The maximum absolute atomic E-state index is 5.97. The van der Waals surface area contributed by atoms with Crippen molar-refractivity contribution in [1.82, 2.24) is 0 Å². The Kier molecular flexibility index (Phi) is 2.15. The van der Waals surface area contributed by atoms with E-state index in [1.807, 2.05) is 31.2 Å². The topological polar surface area (TPSA) is 18.5 Å². The average Bonchev–Trinajstić information content (AvgIpc) is 2.53. The van der Waals surface area contributed by atoms with Crippen LogP contribution in [-0.4, -0.2) is 0 Å². The van der Waals surface area contributed by atoms with Crippen LogP contribution in [0.15, 0.2) is 36.3 Å². The van der Waals surface area contributed by atoms with Gasteiger partial charge in [-0.05, 0) is 13.0 Å². The van der Waals surface area contributed by atoms with Crippen molar-refractivity contribution in [3.63, 3.8) is 0 Å². The standard InChI is InChI=1S/C10H9ClO2/c1-7-6-12-10(13-7)8-4-2-3-5-9(8)11/h2-6,10H,1H3. The van der Waals surface area contributed by atoms with Crippen molar-refractivity contribution in [3.05, 3.63) is 46.9 Å². The summed E-state index contributed by atoms with van der Waals surface area (Å²) in [4.78, 5) is 0. The number of benzene rings is 1. The second kappa shape index (κ2) is 3.30. The first-order valence-electron chi connectivity index (χ1n) is 4.00. The zero-order valence-electron chi connectivity index (χ0n) is 7.16. The molecule has 2 rings (SSSR count). The van der Waals surface area contributed by atoms with E-state index in [4.69, 9.17) is 21.1 Å². The summed E-state index contributed by atoms with van der Waals surface area (Å²) >= 11 is 5.97. The lowest BCUT2D eigenvalue weighted by Crippen LogP contribution is -1.98. The van der Waals surface area contributed by atoms with Crippen molar-refractivity contribution in [1.29, 1.82) is 0 Å². The Morgan fingerprint density at radius 1 is 1.31 bits per heavy atom. The van der Waals surface area contributed by atoms with E-state index in [2.05, 4.69) is 0 Å². The summed E-state index contributed by atoms with van der Waals surface area (Å²) in [6.07, 6.45) is 1.21. The van der Waals surface area contributed by atoms with Gasteiger partial charge in [-0.15, -0.1) is 0 Å². The molecule has 0 saturated heterocycles. The van der Waals surface area contributed by atoms with Crippen LogP contribution in [0.4, 0.5) is 0 Å². The Balaban J connectivity index is 2.23. The third kappa shape index (κ3) is 1.63. The zero-order valence-corrected chi connectivity index (χ0v) is 7.91. The molecule has 0 aromatic heterocycles. The molecular formula is C10H9ClO2. The van der Waals surface area contributed by atoms with Gasteiger partial charge >= 0.3 is 0 Å². The van der Waals surface area contributed by atoms with Crippen molar-refractivity contribution in [2.75, 3.05) is 0 Å². The van der Waals surface area contributed by atoms with E-state index < -0.39 is 0 Å². The Morgan fingerprint density at radius 2 is 2.08 bits per heavy atom. The Bertz CT molecular complexity index is 347. The summed E-state index contributed by atoms with van der Waals surface area (Å²) in [6.45, 7) is 1.84. The van der Waals surface area contributed by atoms with E-state index in [1.165, 1.54) is 0 Å². The Hall–Kier alpha value is -1.15. The number of hydrogen-bond donors (Lipinski definition) is 0. The molecule has 0 amide bonds. The van der Waals surface area contributed by atoms with Crippen LogP contribution in [0.5, 0.6) is 0 Å². The van der Waals surface area contributed by atoms with Crippen molar-refractivity contribution in [2.45, 2.75) is 13.2 Å². The normalized spacial score (nSPS) is 20.5. The number of hydrogen-bond acceptors (Lipinski definition) is 2. The zero-order chi connectivity index (χ0) is 9.26. The van der Waals surface area contributed by atoms with Gasteiger partial charge in [0.1, 0.15) is 12.0 Å². The first-order chi connectivity index (χ1) is 6.27. The lowest BCUT2D eigenvalue weighted by Gasteiger charge is -2.12. The van der Waals surface area contributed by atoms with Gasteiger partial charge in [0.05, 0.1) is 10.6 Å². The molecule has 1 heterocycles. The maximum atomic E-state index is 5.97. The fraction of sp³-hybridized carbons (Fsp3) is 0.200. The first-order valence-corrected chi connectivity index (χ1v) is 4.38. The molecule has 1 aromatic rings. The van der Waals surface area contributed by atoms with E-state index in [9.17, 15) is 0 Å². The average molecular weight is 197 g/mol. The second-order valence-corrected chi connectivity index (χ2v) is 3.24. The van der Waals surface area contributed by atoms with Crippen LogP contribution in [0.3, 0.4) is 0 Å². The molecule has 68 valence electrons. The minimum absolute atomic E-state index is 0.381. The van der Waals surface area contributed by atoms with E-state index >= 15 is 0 Å². The van der Waals surface area contributed by atoms with E-state index in [1.54, 1.807) is 6.26 Å². The van der Waals surface area contributed by atoms with Gasteiger partial charge in [-0.3, -0.25) is 0 Å². The van der Waals surface area contributed by atoms with Gasteiger partial charge in [-0.25, -0.2) is 0 Å². The van der Waals surface area contributed by atoms with Crippen LogP contribution in [0.1, 0.15) is 18.8 Å². The molecule has 0 aliphatic carbocycles. The predicted octanol–water partition coefficient (Wildman–Crippen LogP) is 3.25. The molecule has 0 radical (unpaired) electrons. The second-order valence-electron chi connectivity index (χ2n) is 2.84. The molecule has 3 heteroatoms. The van der Waals surface area contributed by atoms with E-state index in [-0.39, 0.29) is 6.29 Å². The highest BCUT2D eigenvalue weighted by Gasteiger charge is 2.20. The third-order valence-corrected chi connectivity index (χ3v) is 2.15. The van der Waals surface area contributed by atoms with Gasteiger partial charge in [-0.1, -0.05) is 29.8 Å². The molecule has 13 heavy (non-hydrogen) atoms. The first kappa shape index (κ1) is 8.45. The highest BCUT2D eigenvalue weighted by molar-refractivity contribution is 6.31. The van der Waals surface area contributed by atoms with Crippen molar-refractivity contribution in [2.24, 2.45) is 0 Å². The van der Waals surface area contributed by atoms with Gasteiger partial charge < -0.3 is 9.47 Å². The molecule has 0 saturated carbocycles. The summed E-state index contributed by atoms with van der Waals surface area (Å²) in [7, 11) is 0. The largest absolute Gasteiger partial charge is 0.455 e. The Labute approximate surface area is 81.7 Å². The van der Waals surface area contributed by atoms with Crippen LogP contribution in [-0.2, 0) is 9.47 Å². The van der Waals surface area contributed by atoms with Crippen LogP contribution >= 0.6 is 11.6 Å². The third-order valence-electron chi connectivity index (χ3n) is 1.81. The molecule has 2 nitrogen and oxygen atoms in total. The number of halogens is 1. The predicted molar refractivity (Wildman–Crippen MR) is 50.1 cm³/mol. The van der Waals surface area contributed by atoms with Crippen LogP contribution in [0.25, 0.3) is 0 Å². The number of ether oxygens (including phenoxy) is 2. The Morgan fingerprint density at radius 3 is 2.69 bits per heavy atom. The lowest BCUT2D eigenvalue weighted by atomic mass is 10.2. The highest BCUT2D eigenvalue weighted by atomic mass is 35.5. The molecule has 0 bridgehead atoms. The molecule has 0 N–H and O–H groups in total. The van der Waals surface area contributed by atoms with Crippen LogP contribution in [0, 0.1) is 0 Å². The molecule has 1 aliphatic heterocycles. The summed E-state index contributed by atoms with van der Waals surface area (Å²) < 4.78 is 10.6. The summed E-state index contributed by atoms with van der Waals surface area (Å²) in [6, 6.07) is 7.49. The van der Waals surface area contributed by atoms with Crippen molar-refractivity contribution < 1.29 is 9.47 Å². The smallest absolute Gasteiger partial charge is 0.268 e. The minimum atomic E-state index is -0.381. The number of rotatable bonds is 1.